The molecule has 2 rings (SSSR count). The van der Waals surface area contributed by atoms with Crippen LogP contribution in [0.4, 0.5) is 4.79 Å². The normalized spacial score (nSPS) is 38.8. The molecule has 0 bridgehead atoms. The molecule has 2 N–H and O–H groups in total. The SMILES string of the molecule is CNC(=O)N1CC[C@@H]2C[C@]2(O)C1. The van der Waals surface area contributed by atoms with Crippen molar-refractivity contribution in [2.24, 2.45) is 5.92 Å². The van der Waals surface area contributed by atoms with Crippen LogP contribution in [0.25, 0.3) is 0 Å². The maximum Gasteiger partial charge on any atom is 0.317 e. The summed E-state index contributed by atoms with van der Waals surface area (Å²) in [4.78, 5) is 12.9. The zero-order valence-corrected chi connectivity index (χ0v) is 7.21. The summed E-state index contributed by atoms with van der Waals surface area (Å²) in [7, 11) is 1.62. The molecule has 0 spiro atoms. The van der Waals surface area contributed by atoms with Crippen LogP contribution in [0.2, 0.25) is 0 Å². The summed E-state index contributed by atoms with van der Waals surface area (Å²) in [5.41, 5.74) is -0.537. The minimum Gasteiger partial charge on any atom is -0.388 e. The number of rotatable bonds is 0. The second-order valence-electron chi connectivity index (χ2n) is 3.77. The molecule has 0 unspecified atom stereocenters. The number of hydrogen-bond donors (Lipinski definition) is 2. The highest BCUT2D eigenvalue weighted by molar-refractivity contribution is 5.74. The Morgan fingerprint density at radius 3 is 3.08 bits per heavy atom. The molecule has 4 nitrogen and oxygen atoms in total. The lowest BCUT2D eigenvalue weighted by Crippen LogP contribution is -2.47. The number of nitrogens with one attached hydrogen (secondary N) is 1. The van der Waals surface area contributed by atoms with Crippen molar-refractivity contribution in [3.8, 4) is 0 Å². The van der Waals surface area contributed by atoms with Crippen LogP contribution in [0, 0.1) is 5.92 Å². The smallest absolute Gasteiger partial charge is 0.317 e. The lowest BCUT2D eigenvalue weighted by molar-refractivity contribution is 0.0645. The first-order valence-corrected chi connectivity index (χ1v) is 4.35. The summed E-state index contributed by atoms with van der Waals surface area (Å²) in [6.45, 7) is 1.30. The molecule has 1 heterocycles. The van der Waals surface area contributed by atoms with E-state index in [1.165, 1.54) is 0 Å². The van der Waals surface area contributed by atoms with Crippen molar-refractivity contribution in [1.82, 2.24) is 10.2 Å². The molecule has 0 aromatic rings. The summed E-state index contributed by atoms with van der Waals surface area (Å²) >= 11 is 0. The van der Waals surface area contributed by atoms with Crippen LogP contribution in [-0.2, 0) is 0 Å². The summed E-state index contributed by atoms with van der Waals surface area (Å²) in [6.07, 6.45) is 1.82. The first-order chi connectivity index (χ1) is 5.65. The Labute approximate surface area is 71.5 Å². The predicted octanol–water partition coefficient (Wildman–Crippen LogP) is -0.217. The van der Waals surface area contributed by atoms with Gasteiger partial charge < -0.3 is 15.3 Å². The number of fused-ring (bicyclic) bond motifs is 1. The number of β-amino-alcohol motifs (C(OH)–C–C–N with tert-alkyl or cyclic N) is 1. The van der Waals surface area contributed by atoms with Gasteiger partial charge in [-0.3, -0.25) is 0 Å². The van der Waals surface area contributed by atoms with Crippen molar-refractivity contribution >= 4 is 6.03 Å². The molecule has 0 aromatic carbocycles. The Morgan fingerprint density at radius 1 is 1.75 bits per heavy atom. The average molecular weight is 170 g/mol. The minimum atomic E-state index is -0.537. The van der Waals surface area contributed by atoms with E-state index in [1.807, 2.05) is 0 Å². The van der Waals surface area contributed by atoms with Gasteiger partial charge >= 0.3 is 6.03 Å². The van der Waals surface area contributed by atoms with E-state index in [1.54, 1.807) is 11.9 Å². The van der Waals surface area contributed by atoms with Gasteiger partial charge in [-0.05, 0) is 18.8 Å². The predicted molar refractivity (Wildman–Crippen MR) is 43.7 cm³/mol. The lowest BCUT2D eigenvalue weighted by atomic mass is 10.1. The zero-order chi connectivity index (χ0) is 8.77. The van der Waals surface area contributed by atoms with E-state index in [2.05, 4.69) is 5.32 Å². The molecule has 2 amide bonds. The molecule has 0 radical (unpaired) electrons. The Bertz CT molecular complexity index is 219. The molecule has 1 saturated heterocycles. The van der Waals surface area contributed by atoms with Gasteiger partial charge in [0.05, 0.1) is 12.1 Å². The Hall–Kier alpha value is -0.770. The van der Waals surface area contributed by atoms with Gasteiger partial charge in [-0.2, -0.15) is 0 Å². The highest BCUT2D eigenvalue weighted by Gasteiger charge is 2.56. The van der Waals surface area contributed by atoms with Crippen molar-refractivity contribution in [3.05, 3.63) is 0 Å². The van der Waals surface area contributed by atoms with Gasteiger partial charge in [-0.15, -0.1) is 0 Å². The molecule has 1 saturated carbocycles. The molecule has 2 aliphatic rings. The fraction of sp³-hybridized carbons (Fsp3) is 0.875. The molecule has 12 heavy (non-hydrogen) atoms. The van der Waals surface area contributed by atoms with Gasteiger partial charge in [-0.1, -0.05) is 0 Å². The summed E-state index contributed by atoms with van der Waals surface area (Å²) < 4.78 is 0. The quantitative estimate of drug-likeness (QED) is 0.528. The van der Waals surface area contributed by atoms with Crippen molar-refractivity contribution in [2.75, 3.05) is 20.1 Å². The van der Waals surface area contributed by atoms with Gasteiger partial charge in [0.25, 0.3) is 0 Å². The molecule has 2 atom stereocenters. The van der Waals surface area contributed by atoms with E-state index >= 15 is 0 Å². The van der Waals surface area contributed by atoms with Gasteiger partial charge in [0.2, 0.25) is 0 Å². The highest BCUT2D eigenvalue weighted by atomic mass is 16.3. The third kappa shape index (κ3) is 1.06. The fourth-order valence-corrected chi connectivity index (χ4v) is 1.98. The van der Waals surface area contributed by atoms with Gasteiger partial charge in [-0.25, -0.2) is 4.79 Å². The van der Waals surface area contributed by atoms with Crippen LogP contribution < -0.4 is 5.32 Å². The van der Waals surface area contributed by atoms with Gasteiger partial charge in [0, 0.05) is 13.6 Å². The minimum absolute atomic E-state index is 0.0752. The first kappa shape index (κ1) is 7.86. The third-order valence-corrected chi connectivity index (χ3v) is 2.91. The van der Waals surface area contributed by atoms with Crippen LogP contribution in [0.15, 0.2) is 0 Å². The number of hydrogen-bond acceptors (Lipinski definition) is 2. The average Bonchev–Trinajstić information content (AvgIpc) is 2.73. The zero-order valence-electron chi connectivity index (χ0n) is 7.21. The number of piperidine rings is 1. The summed E-state index contributed by atoms with van der Waals surface area (Å²) in [6, 6.07) is -0.0752. The molecular weight excluding hydrogens is 156 g/mol. The topological polar surface area (TPSA) is 52.6 Å². The number of carbonyl (C=O) groups is 1. The summed E-state index contributed by atoms with van der Waals surface area (Å²) in [5, 5.41) is 12.3. The van der Waals surface area contributed by atoms with Crippen molar-refractivity contribution in [3.63, 3.8) is 0 Å². The van der Waals surface area contributed by atoms with Crippen LogP contribution in [0.3, 0.4) is 0 Å². The number of aliphatic hydroxyl groups is 1. The molecule has 0 aromatic heterocycles. The Balaban J connectivity index is 1.97. The maximum atomic E-state index is 11.2. The van der Waals surface area contributed by atoms with Crippen LogP contribution in [0.5, 0.6) is 0 Å². The monoisotopic (exact) mass is 170 g/mol. The van der Waals surface area contributed by atoms with E-state index in [0.717, 1.165) is 19.4 Å². The van der Waals surface area contributed by atoms with Gasteiger partial charge in [0.15, 0.2) is 0 Å². The molecule has 2 fully saturated rings. The van der Waals surface area contributed by atoms with Crippen molar-refractivity contribution in [1.29, 1.82) is 0 Å². The largest absolute Gasteiger partial charge is 0.388 e. The number of carbonyl (C=O) groups excluding carboxylic acids is 1. The highest BCUT2D eigenvalue weighted by Crippen LogP contribution is 2.48. The van der Waals surface area contributed by atoms with Crippen LogP contribution in [-0.4, -0.2) is 41.8 Å². The second kappa shape index (κ2) is 2.36. The van der Waals surface area contributed by atoms with Crippen LogP contribution in [0.1, 0.15) is 12.8 Å². The number of nitrogens with zero attached hydrogens (tertiary/aromatic N) is 1. The molecule has 1 aliphatic heterocycles. The Kier molecular flexibility index (Phi) is 1.54. The van der Waals surface area contributed by atoms with E-state index < -0.39 is 5.60 Å². The standard InChI is InChI=1S/C8H14N2O2/c1-9-7(11)10-3-2-6-4-8(6,12)5-10/h6,12H,2-5H2,1H3,(H,9,11)/t6-,8+/m1/s1. The molecule has 1 aliphatic carbocycles. The van der Waals surface area contributed by atoms with E-state index in [9.17, 15) is 9.90 Å². The maximum absolute atomic E-state index is 11.2. The van der Waals surface area contributed by atoms with Crippen molar-refractivity contribution in [2.45, 2.75) is 18.4 Å². The summed E-state index contributed by atoms with van der Waals surface area (Å²) in [5.74, 6) is 0.457. The number of likely N-dealkylation sites (tertiary alicyclic amines) is 1. The first-order valence-electron chi connectivity index (χ1n) is 4.35. The number of urea groups is 1. The van der Waals surface area contributed by atoms with Crippen molar-refractivity contribution < 1.29 is 9.90 Å². The third-order valence-electron chi connectivity index (χ3n) is 2.91. The van der Waals surface area contributed by atoms with Crippen LogP contribution >= 0.6 is 0 Å². The van der Waals surface area contributed by atoms with Gasteiger partial charge in [0.1, 0.15) is 0 Å². The van der Waals surface area contributed by atoms with E-state index in [-0.39, 0.29) is 6.03 Å². The molecule has 68 valence electrons. The lowest BCUT2D eigenvalue weighted by Gasteiger charge is -2.29. The molecular formula is C8H14N2O2. The number of amides is 2. The van der Waals surface area contributed by atoms with E-state index in [0.29, 0.717) is 12.5 Å². The Morgan fingerprint density at radius 2 is 2.50 bits per heavy atom. The molecule has 4 heteroatoms. The second-order valence-corrected chi connectivity index (χ2v) is 3.77. The van der Waals surface area contributed by atoms with E-state index in [4.69, 9.17) is 0 Å². The fourth-order valence-electron chi connectivity index (χ4n) is 1.98.